The lowest BCUT2D eigenvalue weighted by Crippen LogP contribution is -2.08. The summed E-state index contributed by atoms with van der Waals surface area (Å²) in [6.07, 6.45) is 2.98. The second-order valence-electron chi connectivity index (χ2n) is 3.09. The normalized spacial score (nSPS) is 9.24. The van der Waals surface area contributed by atoms with E-state index in [1.807, 2.05) is 0 Å². The number of ether oxygens (including phenoxy) is 1. The second-order valence-corrected chi connectivity index (χ2v) is 3.09. The average molecular weight is 254 g/mol. The molecule has 0 spiro atoms. The highest BCUT2D eigenvalue weighted by atomic mass is 35.5. The summed E-state index contributed by atoms with van der Waals surface area (Å²) < 4.78 is 17.8. The predicted molar refractivity (Wildman–Crippen MR) is 62.8 cm³/mol. The van der Waals surface area contributed by atoms with Gasteiger partial charge in [0.1, 0.15) is 11.6 Å². The smallest absolute Gasteiger partial charge is 0.343 e. The number of halogens is 2. The SMILES string of the molecule is Cl.O=C(Oc1cccnc1)c1cccc(F)c1. The first-order valence-corrected chi connectivity index (χ1v) is 4.63. The number of hydrogen-bond acceptors (Lipinski definition) is 3. The van der Waals surface area contributed by atoms with Crippen LogP contribution in [-0.4, -0.2) is 11.0 Å². The third-order valence-electron chi connectivity index (χ3n) is 1.91. The van der Waals surface area contributed by atoms with Crippen LogP contribution in [0.2, 0.25) is 0 Å². The van der Waals surface area contributed by atoms with Crippen molar-refractivity contribution in [3.05, 3.63) is 60.2 Å². The Kier molecular flexibility index (Phi) is 4.60. The van der Waals surface area contributed by atoms with Crippen molar-refractivity contribution in [3.8, 4) is 5.75 Å². The summed E-state index contributed by atoms with van der Waals surface area (Å²) in [6.45, 7) is 0. The lowest BCUT2D eigenvalue weighted by Gasteiger charge is -2.03. The van der Waals surface area contributed by atoms with Gasteiger partial charge in [-0.25, -0.2) is 9.18 Å². The van der Waals surface area contributed by atoms with E-state index in [9.17, 15) is 9.18 Å². The maximum atomic E-state index is 12.8. The van der Waals surface area contributed by atoms with Crippen molar-refractivity contribution in [1.82, 2.24) is 4.98 Å². The fourth-order valence-electron chi connectivity index (χ4n) is 1.19. The first-order chi connectivity index (χ1) is 7.75. The van der Waals surface area contributed by atoms with Gasteiger partial charge in [0.15, 0.2) is 0 Å². The molecular formula is C12H9ClFNO2. The number of hydrogen-bond donors (Lipinski definition) is 0. The minimum atomic E-state index is -0.604. The van der Waals surface area contributed by atoms with Crippen LogP contribution >= 0.6 is 12.4 Å². The summed E-state index contributed by atoms with van der Waals surface area (Å²) in [5, 5.41) is 0. The van der Waals surface area contributed by atoms with E-state index in [-0.39, 0.29) is 18.0 Å². The molecular weight excluding hydrogens is 245 g/mol. The molecule has 0 saturated carbocycles. The first kappa shape index (κ1) is 13.1. The largest absolute Gasteiger partial charge is 0.421 e. The zero-order valence-electron chi connectivity index (χ0n) is 8.67. The second kappa shape index (κ2) is 5.96. The van der Waals surface area contributed by atoms with Crippen LogP contribution < -0.4 is 4.74 Å². The molecule has 3 nitrogen and oxygen atoms in total. The molecule has 0 saturated heterocycles. The summed E-state index contributed by atoms with van der Waals surface area (Å²) in [5.41, 5.74) is 0.170. The highest BCUT2D eigenvalue weighted by Crippen LogP contribution is 2.11. The molecule has 0 bridgehead atoms. The fraction of sp³-hybridized carbons (Fsp3) is 0. The Hall–Kier alpha value is -1.94. The average Bonchev–Trinajstić information content (AvgIpc) is 2.30. The van der Waals surface area contributed by atoms with Gasteiger partial charge in [0.25, 0.3) is 0 Å². The molecule has 0 N–H and O–H groups in total. The van der Waals surface area contributed by atoms with Crippen LogP contribution in [0, 0.1) is 5.82 Å². The van der Waals surface area contributed by atoms with Crippen LogP contribution in [-0.2, 0) is 0 Å². The topological polar surface area (TPSA) is 39.2 Å². The molecule has 0 aliphatic rings. The van der Waals surface area contributed by atoms with Gasteiger partial charge in [0.2, 0.25) is 0 Å². The van der Waals surface area contributed by atoms with Crippen molar-refractivity contribution in [3.63, 3.8) is 0 Å². The number of pyridine rings is 1. The van der Waals surface area contributed by atoms with Crippen molar-refractivity contribution in [1.29, 1.82) is 0 Å². The Balaban J connectivity index is 0.00000144. The molecule has 1 heterocycles. The molecule has 0 aliphatic heterocycles. The number of carbonyl (C=O) groups is 1. The summed E-state index contributed by atoms with van der Waals surface area (Å²) in [7, 11) is 0. The number of carbonyl (C=O) groups excluding carboxylic acids is 1. The Morgan fingerprint density at radius 3 is 2.71 bits per heavy atom. The molecule has 0 fully saturated rings. The van der Waals surface area contributed by atoms with Crippen LogP contribution in [0.4, 0.5) is 4.39 Å². The van der Waals surface area contributed by atoms with Crippen LogP contribution in [0.3, 0.4) is 0 Å². The van der Waals surface area contributed by atoms with E-state index in [1.54, 1.807) is 18.3 Å². The summed E-state index contributed by atoms with van der Waals surface area (Å²) in [5.74, 6) is -0.745. The van der Waals surface area contributed by atoms with Gasteiger partial charge in [-0.2, -0.15) is 0 Å². The maximum absolute atomic E-state index is 12.8. The van der Waals surface area contributed by atoms with Gasteiger partial charge in [-0.1, -0.05) is 6.07 Å². The number of nitrogens with zero attached hydrogens (tertiary/aromatic N) is 1. The predicted octanol–water partition coefficient (Wildman–Crippen LogP) is 2.86. The van der Waals surface area contributed by atoms with E-state index >= 15 is 0 Å². The van der Waals surface area contributed by atoms with E-state index in [0.717, 1.165) is 6.07 Å². The quantitative estimate of drug-likeness (QED) is 0.773. The third-order valence-corrected chi connectivity index (χ3v) is 1.91. The minimum Gasteiger partial charge on any atom is -0.421 e. The molecule has 5 heteroatoms. The highest BCUT2D eigenvalue weighted by molar-refractivity contribution is 5.90. The van der Waals surface area contributed by atoms with E-state index in [2.05, 4.69) is 4.98 Å². The first-order valence-electron chi connectivity index (χ1n) is 4.63. The van der Waals surface area contributed by atoms with Crippen molar-refractivity contribution in [2.24, 2.45) is 0 Å². The number of benzene rings is 1. The van der Waals surface area contributed by atoms with E-state index in [0.29, 0.717) is 5.75 Å². The number of esters is 1. The maximum Gasteiger partial charge on any atom is 0.343 e. The lowest BCUT2D eigenvalue weighted by atomic mass is 10.2. The number of rotatable bonds is 2. The van der Waals surface area contributed by atoms with Crippen molar-refractivity contribution < 1.29 is 13.9 Å². The molecule has 2 rings (SSSR count). The van der Waals surface area contributed by atoms with E-state index < -0.39 is 11.8 Å². The standard InChI is InChI=1S/C12H8FNO2.ClH/c13-10-4-1-3-9(7-10)12(15)16-11-5-2-6-14-8-11;/h1-8H;1H. The number of aromatic nitrogens is 1. The van der Waals surface area contributed by atoms with Crippen LogP contribution in [0.25, 0.3) is 0 Å². The monoisotopic (exact) mass is 253 g/mol. The molecule has 2 aromatic rings. The third kappa shape index (κ3) is 3.53. The van der Waals surface area contributed by atoms with Crippen molar-refractivity contribution in [2.75, 3.05) is 0 Å². The molecule has 0 atom stereocenters. The minimum absolute atomic E-state index is 0. The van der Waals surface area contributed by atoms with Crippen LogP contribution in [0.15, 0.2) is 48.8 Å². The van der Waals surface area contributed by atoms with Gasteiger partial charge in [0.05, 0.1) is 11.8 Å². The Morgan fingerprint density at radius 1 is 1.24 bits per heavy atom. The molecule has 0 aliphatic carbocycles. The van der Waals surface area contributed by atoms with Crippen LogP contribution in [0.1, 0.15) is 10.4 Å². The summed E-state index contributed by atoms with van der Waals surface area (Å²) in [4.78, 5) is 15.3. The molecule has 17 heavy (non-hydrogen) atoms. The Labute approximate surface area is 104 Å². The van der Waals surface area contributed by atoms with Gasteiger partial charge in [-0.3, -0.25) is 4.98 Å². The van der Waals surface area contributed by atoms with Gasteiger partial charge < -0.3 is 4.74 Å². The zero-order chi connectivity index (χ0) is 11.4. The van der Waals surface area contributed by atoms with Crippen molar-refractivity contribution >= 4 is 18.4 Å². The molecule has 0 unspecified atom stereocenters. The molecule has 88 valence electrons. The zero-order valence-corrected chi connectivity index (χ0v) is 9.49. The summed E-state index contributed by atoms with van der Waals surface area (Å²) >= 11 is 0. The molecule has 1 aromatic heterocycles. The van der Waals surface area contributed by atoms with E-state index in [4.69, 9.17) is 4.74 Å². The van der Waals surface area contributed by atoms with Gasteiger partial charge in [0, 0.05) is 6.20 Å². The Bertz CT molecular complexity index is 505. The molecule has 1 aromatic carbocycles. The van der Waals surface area contributed by atoms with Crippen LogP contribution in [0.5, 0.6) is 5.75 Å². The highest BCUT2D eigenvalue weighted by Gasteiger charge is 2.08. The summed E-state index contributed by atoms with van der Waals surface area (Å²) in [6, 6.07) is 8.58. The fourth-order valence-corrected chi connectivity index (χ4v) is 1.19. The van der Waals surface area contributed by atoms with Gasteiger partial charge >= 0.3 is 5.97 Å². The van der Waals surface area contributed by atoms with E-state index in [1.165, 1.54) is 24.4 Å². The molecule has 0 amide bonds. The van der Waals surface area contributed by atoms with Gasteiger partial charge in [-0.15, -0.1) is 12.4 Å². The Morgan fingerprint density at radius 2 is 2.06 bits per heavy atom. The van der Waals surface area contributed by atoms with Gasteiger partial charge in [-0.05, 0) is 30.3 Å². The lowest BCUT2D eigenvalue weighted by molar-refractivity contribution is 0.0733. The molecule has 0 radical (unpaired) electrons. The van der Waals surface area contributed by atoms with Crippen molar-refractivity contribution in [2.45, 2.75) is 0 Å².